The number of nitrogens with zero attached hydrogens (tertiary/aromatic N) is 3. The van der Waals surface area contributed by atoms with Crippen molar-refractivity contribution in [1.29, 1.82) is 0 Å². The monoisotopic (exact) mass is 260 g/mol. The molecule has 0 saturated heterocycles. The van der Waals surface area contributed by atoms with Crippen LogP contribution in [0.3, 0.4) is 0 Å². The van der Waals surface area contributed by atoms with E-state index in [-0.39, 0.29) is 22.8 Å². The molecule has 0 bridgehead atoms. The summed E-state index contributed by atoms with van der Waals surface area (Å²) in [6, 6.07) is 3.17. The van der Waals surface area contributed by atoms with E-state index in [2.05, 4.69) is 10.1 Å². The van der Waals surface area contributed by atoms with E-state index in [1.165, 1.54) is 16.9 Å². The van der Waals surface area contributed by atoms with Gasteiger partial charge in [0.05, 0.1) is 17.4 Å². The van der Waals surface area contributed by atoms with Crippen LogP contribution in [0.25, 0.3) is 5.82 Å². The van der Waals surface area contributed by atoms with Crippen LogP contribution in [0.4, 0.5) is 5.69 Å². The molecule has 98 valence electrons. The van der Waals surface area contributed by atoms with Gasteiger partial charge in [-0.05, 0) is 19.1 Å². The van der Waals surface area contributed by atoms with Gasteiger partial charge in [0.1, 0.15) is 0 Å². The Balaban J connectivity index is 2.64. The minimum absolute atomic E-state index is 0.0845. The zero-order chi connectivity index (χ0) is 14.2. The zero-order valence-electron chi connectivity index (χ0n) is 10.1. The summed E-state index contributed by atoms with van der Waals surface area (Å²) >= 11 is 0. The van der Waals surface area contributed by atoms with Gasteiger partial charge in [0.15, 0.2) is 11.5 Å². The molecule has 0 radical (unpaired) electrons. The molecule has 0 fully saturated rings. The van der Waals surface area contributed by atoms with Gasteiger partial charge in [-0.3, -0.25) is 9.59 Å². The number of carbonyl (C=O) groups excluding carboxylic acids is 2. The molecule has 0 saturated carbocycles. The number of primary amides is 2. The highest BCUT2D eigenvalue weighted by Crippen LogP contribution is 2.16. The summed E-state index contributed by atoms with van der Waals surface area (Å²) < 4.78 is 1.21. The van der Waals surface area contributed by atoms with Crippen LogP contribution in [0.1, 0.15) is 26.5 Å². The number of nitrogen functional groups attached to an aromatic ring is 1. The highest BCUT2D eigenvalue weighted by Gasteiger charge is 2.17. The highest BCUT2D eigenvalue weighted by molar-refractivity contribution is 5.97. The maximum Gasteiger partial charge on any atom is 0.271 e. The van der Waals surface area contributed by atoms with Crippen LogP contribution in [0.2, 0.25) is 0 Å². The molecule has 6 N–H and O–H groups in total. The number of pyridine rings is 1. The number of rotatable bonds is 3. The molecule has 2 amide bonds. The van der Waals surface area contributed by atoms with E-state index < -0.39 is 11.8 Å². The van der Waals surface area contributed by atoms with Crippen LogP contribution < -0.4 is 17.2 Å². The van der Waals surface area contributed by atoms with Crippen molar-refractivity contribution < 1.29 is 9.59 Å². The number of anilines is 1. The summed E-state index contributed by atoms with van der Waals surface area (Å²) in [6.45, 7) is 1.75. The predicted molar refractivity (Wildman–Crippen MR) is 67.5 cm³/mol. The van der Waals surface area contributed by atoms with Crippen molar-refractivity contribution in [2.45, 2.75) is 6.92 Å². The topological polar surface area (TPSA) is 143 Å². The van der Waals surface area contributed by atoms with Gasteiger partial charge in [-0.1, -0.05) is 0 Å². The number of amides is 2. The van der Waals surface area contributed by atoms with E-state index >= 15 is 0 Å². The van der Waals surface area contributed by atoms with Gasteiger partial charge in [0.2, 0.25) is 0 Å². The summed E-state index contributed by atoms with van der Waals surface area (Å²) in [7, 11) is 0. The molecule has 0 aliphatic carbocycles. The van der Waals surface area contributed by atoms with Crippen molar-refractivity contribution in [3.63, 3.8) is 0 Å². The van der Waals surface area contributed by atoms with Crippen molar-refractivity contribution in [2.24, 2.45) is 11.5 Å². The third kappa shape index (κ3) is 2.23. The summed E-state index contributed by atoms with van der Waals surface area (Å²) in [5.41, 5.74) is 16.9. The SMILES string of the molecule is Cc1ccc(C(N)=O)c(-n2cc(N)c(C(N)=O)n2)n1. The van der Waals surface area contributed by atoms with E-state index in [1.807, 2.05) is 0 Å². The van der Waals surface area contributed by atoms with Crippen LogP contribution in [0.15, 0.2) is 18.3 Å². The molecule has 2 heterocycles. The third-order valence-corrected chi connectivity index (χ3v) is 2.47. The summed E-state index contributed by atoms with van der Waals surface area (Å²) in [5, 5.41) is 3.91. The van der Waals surface area contributed by atoms with Gasteiger partial charge in [-0.2, -0.15) is 5.10 Å². The molecule has 0 aromatic carbocycles. The summed E-state index contributed by atoms with van der Waals surface area (Å²) in [5.74, 6) is -1.21. The van der Waals surface area contributed by atoms with Gasteiger partial charge < -0.3 is 17.2 Å². The first kappa shape index (κ1) is 12.6. The van der Waals surface area contributed by atoms with E-state index in [4.69, 9.17) is 17.2 Å². The first-order chi connectivity index (χ1) is 8.90. The number of hydrogen-bond acceptors (Lipinski definition) is 5. The average Bonchev–Trinajstić information content (AvgIpc) is 2.70. The fourth-order valence-corrected chi connectivity index (χ4v) is 1.60. The van der Waals surface area contributed by atoms with E-state index in [1.54, 1.807) is 13.0 Å². The Morgan fingerprint density at radius 1 is 1.21 bits per heavy atom. The second-order valence-corrected chi connectivity index (χ2v) is 3.93. The van der Waals surface area contributed by atoms with Gasteiger partial charge in [0.25, 0.3) is 11.8 Å². The van der Waals surface area contributed by atoms with E-state index in [0.717, 1.165) is 0 Å². The molecule has 0 aliphatic heterocycles. The minimum Gasteiger partial charge on any atom is -0.396 e. The summed E-state index contributed by atoms with van der Waals surface area (Å²) in [6.07, 6.45) is 1.36. The first-order valence-corrected chi connectivity index (χ1v) is 5.33. The molecule has 8 heteroatoms. The fourth-order valence-electron chi connectivity index (χ4n) is 1.60. The normalized spacial score (nSPS) is 10.4. The van der Waals surface area contributed by atoms with Crippen LogP contribution in [0, 0.1) is 6.92 Å². The van der Waals surface area contributed by atoms with Crippen LogP contribution in [0.5, 0.6) is 0 Å². The second kappa shape index (κ2) is 4.41. The molecular weight excluding hydrogens is 248 g/mol. The molecule has 0 atom stereocenters. The molecule has 2 rings (SSSR count). The Kier molecular flexibility index (Phi) is 2.91. The lowest BCUT2D eigenvalue weighted by Gasteiger charge is -2.06. The Morgan fingerprint density at radius 2 is 1.89 bits per heavy atom. The summed E-state index contributed by atoms with van der Waals surface area (Å²) in [4.78, 5) is 26.6. The molecule has 0 spiro atoms. The third-order valence-electron chi connectivity index (χ3n) is 2.47. The maximum absolute atomic E-state index is 11.4. The largest absolute Gasteiger partial charge is 0.396 e. The van der Waals surface area contributed by atoms with Gasteiger partial charge in [-0.15, -0.1) is 0 Å². The van der Waals surface area contributed by atoms with Crippen LogP contribution >= 0.6 is 0 Å². The zero-order valence-corrected chi connectivity index (χ0v) is 10.1. The van der Waals surface area contributed by atoms with E-state index in [0.29, 0.717) is 5.69 Å². The van der Waals surface area contributed by atoms with Crippen LogP contribution in [-0.4, -0.2) is 26.6 Å². The lowest BCUT2D eigenvalue weighted by atomic mass is 10.2. The quantitative estimate of drug-likeness (QED) is 0.672. The predicted octanol–water partition coefficient (Wildman–Crippen LogP) is -0.644. The standard InChI is InChI=1S/C11H12N6O2/c1-5-2-3-6(9(13)18)11(15-5)17-4-7(12)8(16-17)10(14)19/h2-4H,12H2,1H3,(H2,13,18)(H2,14,19). The van der Waals surface area contributed by atoms with Crippen LogP contribution in [-0.2, 0) is 0 Å². The molecule has 0 aliphatic rings. The Bertz CT molecular complexity index is 676. The number of aromatic nitrogens is 3. The van der Waals surface area contributed by atoms with Crippen molar-refractivity contribution >= 4 is 17.5 Å². The molecule has 0 unspecified atom stereocenters. The fraction of sp³-hybridized carbons (Fsp3) is 0.0909. The van der Waals surface area contributed by atoms with Crippen molar-refractivity contribution in [1.82, 2.24) is 14.8 Å². The Hall–Kier alpha value is -2.90. The first-order valence-electron chi connectivity index (χ1n) is 5.33. The Morgan fingerprint density at radius 3 is 2.42 bits per heavy atom. The minimum atomic E-state index is -0.760. The second-order valence-electron chi connectivity index (χ2n) is 3.93. The van der Waals surface area contributed by atoms with Crippen molar-refractivity contribution in [3.8, 4) is 5.82 Å². The number of hydrogen-bond donors (Lipinski definition) is 3. The number of aryl methyl sites for hydroxylation is 1. The van der Waals surface area contributed by atoms with Gasteiger partial charge in [-0.25, -0.2) is 9.67 Å². The lowest BCUT2D eigenvalue weighted by molar-refractivity contribution is 0.0991. The van der Waals surface area contributed by atoms with Crippen molar-refractivity contribution in [2.75, 3.05) is 5.73 Å². The number of carbonyl (C=O) groups is 2. The highest BCUT2D eigenvalue weighted by atomic mass is 16.1. The molecule has 2 aromatic heterocycles. The Labute approximate surface area is 108 Å². The molecule has 19 heavy (non-hydrogen) atoms. The van der Waals surface area contributed by atoms with Gasteiger partial charge in [0, 0.05) is 5.69 Å². The maximum atomic E-state index is 11.4. The molecule has 2 aromatic rings. The van der Waals surface area contributed by atoms with Gasteiger partial charge >= 0.3 is 0 Å². The van der Waals surface area contributed by atoms with E-state index in [9.17, 15) is 9.59 Å². The smallest absolute Gasteiger partial charge is 0.271 e. The average molecular weight is 260 g/mol. The molecule has 8 nitrogen and oxygen atoms in total. The lowest BCUT2D eigenvalue weighted by Crippen LogP contribution is -2.17. The molecular formula is C11H12N6O2. The number of nitrogens with two attached hydrogens (primary N) is 3. The van der Waals surface area contributed by atoms with Crippen molar-refractivity contribution in [3.05, 3.63) is 35.3 Å².